The number of carboxylic acids is 1. The molecule has 1 aromatic rings. The summed E-state index contributed by atoms with van der Waals surface area (Å²) in [5.74, 6) is -1.49. The van der Waals surface area contributed by atoms with Gasteiger partial charge in [0.25, 0.3) is 5.91 Å². The summed E-state index contributed by atoms with van der Waals surface area (Å²) in [5.41, 5.74) is 0.000610. The lowest BCUT2D eigenvalue weighted by Crippen LogP contribution is -2.37. The first kappa shape index (κ1) is 15.7. The zero-order valence-corrected chi connectivity index (χ0v) is 11.8. The van der Waals surface area contributed by atoms with E-state index in [0.29, 0.717) is 6.42 Å². The van der Waals surface area contributed by atoms with E-state index >= 15 is 0 Å². The van der Waals surface area contributed by atoms with Gasteiger partial charge in [-0.3, -0.25) is 9.59 Å². The third-order valence-electron chi connectivity index (χ3n) is 2.42. The fourth-order valence-corrected chi connectivity index (χ4v) is 1.95. The van der Waals surface area contributed by atoms with E-state index in [2.05, 4.69) is 10.3 Å². The summed E-state index contributed by atoms with van der Waals surface area (Å²) < 4.78 is 0. The highest BCUT2D eigenvalue weighted by molar-refractivity contribution is 6.34. The summed E-state index contributed by atoms with van der Waals surface area (Å²) in [5, 5.41) is 11.7. The van der Waals surface area contributed by atoms with E-state index in [0.717, 1.165) is 6.42 Å². The van der Waals surface area contributed by atoms with Crippen molar-refractivity contribution in [3.05, 3.63) is 28.0 Å². The molecule has 19 heavy (non-hydrogen) atoms. The highest BCUT2D eigenvalue weighted by Gasteiger charge is 2.19. The molecule has 7 heteroatoms. The molecule has 0 bridgehead atoms. The number of hydrogen-bond donors (Lipinski definition) is 2. The first-order chi connectivity index (χ1) is 8.93. The van der Waals surface area contributed by atoms with Crippen LogP contribution in [-0.2, 0) is 4.79 Å². The van der Waals surface area contributed by atoms with Crippen LogP contribution >= 0.6 is 23.2 Å². The summed E-state index contributed by atoms with van der Waals surface area (Å²) in [7, 11) is 0. The van der Waals surface area contributed by atoms with Gasteiger partial charge in [0.1, 0.15) is 10.8 Å². The molecule has 0 aliphatic heterocycles. The number of pyridine rings is 1. The van der Waals surface area contributed by atoms with Crippen molar-refractivity contribution < 1.29 is 14.7 Å². The van der Waals surface area contributed by atoms with Gasteiger partial charge in [0.2, 0.25) is 0 Å². The summed E-state index contributed by atoms with van der Waals surface area (Å²) in [6.07, 6.45) is 1.18. The van der Waals surface area contributed by atoms with Gasteiger partial charge in [-0.05, 0) is 18.6 Å². The second kappa shape index (κ2) is 7.31. The average molecular weight is 305 g/mol. The number of aliphatic carboxylic acids is 1. The van der Waals surface area contributed by atoms with E-state index in [4.69, 9.17) is 28.3 Å². The molecule has 1 unspecified atom stereocenters. The molecule has 1 aromatic heterocycles. The first-order valence-electron chi connectivity index (χ1n) is 5.78. The maximum absolute atomic E-state index is 12.0. The Hall–Kier alpha value is -1.33. The van der Waals surface area contributed by atoms with E-state index in [1.807, 2.05) is 6.92 Å². The molecule has 0 aliphatic carbocycles. The minimum atomic E-state index is -0.969. The van der Waals surface area contributed by atoms with Crippen LogP contribution in [0.5, 0.6) is 0 Å². The van der Waals surface area contributed by atoms with Crippen molar-refractivity contribution in [1.82, 2.24) is 10.3 Å². The summed E-state index contributed by atoms with van der Waals surface area (Å²) in [6.45, 7) is 1.91. The first-order valence-corrected chi connectivity index (χ1v) is 6.54. The Balaban J connectivity index is 2.81. The Morgan fingerprint density at radius 2 is 2.11 bits per heavy atom. The van der Waals surface area contributed by atoms with Crippen LogP contribution < -0.4 is 5.32 Å². The number of halogens is 2. The molecule has 104 valence electrons. The quantitative estimate of drug-likeness (QED) is 0.792. The molecular weight excluding hydrogens is 291 g/mol. The van der Waals surface area contributed by atoms with Crippen LogP contribution in [-0.4, -0.2) is 28.0 Å². The molecule has 1 amide bonds. The Morgan fingerprint density at radius 3 is 2.68 bits per heavy atom. The Morgan fingerprint density at radius 1 is 1.42 bits per heavy atom. The lowest BCUT2D eigenvalue weighted by Gasteiger charge is -2.16. The van der Waals surface area contributed by atoms with Gasteiger partial charge in [0.05, 0.1) is 11.4 Å². The van der Waals surface area contributed by atoms with Crippen molar-refractivity contribution in [2.75, 3.05) is 0 Å². The largest absolute Gasteiger partial charge is 0.481 e. The van der Waals surface area contributed by atoms with Gasteiger partial charge < -0.3 is 10.4 Å². The van der Waals surface area contributed by atoms with Crippen LogP contribution in [0, 0.1) is 0 Å². The van der Waals surface area contributed by atoms with Crippen LogP contribution in [0.3, 0.4) is 0 Å². The lowest BCUT2D eigenvalue weighted by atomic mass is 10.1. The van der Waals surface area contributed by atoms with Crippen LogP contribution in [0.25, 0.3) is 0 Å². The van der Waals surface area contributed by atoms with Gasteiger partial charge >= 0.3 is 5.97 Å². The molecule has 1 heterocycles. The molecule has 2 N–H and O–H groups in total. The van der Waals surface area contributed by atoms with Gasteiger partial charge in [-0.2, -0.15) is 0 Å². The standard InChI is InChI=1S/C12H14Cl2N2O3/c1-2-3-7(6-10(17)18)15-12(19)11-8(13)4-5-9(14)16-11/h4-5,7H,2-3,6H2,1H3,(H,15,19)(H,17,18). The van der Waals surface area contributed by atoms with Gasteiger partial charge in [-0.15, -0.1) is 0 Å². The van der Waals surface area contributed by atoms with Crippen molar-refractivity contribution in [3.63, 3.8) is 0 Å². The van der Waals surface area contributed by atoms with Gasteiger partial charge in [-0.25, -0.2) is 4.98 Å². The second-order valence-electron chi connectivity index (χ2n) is 4.02. The molecule has 0 aromatic carbocycles. The van der Waals surface area contributed by atoms with Crippen LogP contribution in [0.1, 0.15) is 36.7 Å². The van der Waals surface area contributed by atoms with Crippen molar-refractivity contribution in [2.24, 2.45) is 0 Å². The molecule has 0 saturated heterocycles. The lowest BCUT2D eigenvalue weighted by molar-refractivity contribution is -0.137. The minimum absolute atomic E-state index is 0.000610. The molecule has 1 rings (SSSR count). The van der Waals surface area contributed by atoms with Crippen LogP contribution in [0.2, 0.25) is 10.2 Å². The number of nitrogens with one attached hydrogen (secondary N) is 1. The molecule has 5 nitrogen and oxygen atoms in total. The zero-order valence-electron chi connectivity index (χ0n) is 10.3. The highest BCUT2D eigenvalue weighted by atomic mass is 35.5. The van der Waals surface area contributed by atoms with E-state index in [1.165, 1.54) is 12.1 Å². The van der Waals surface area contributed by atoms with E-state index in [9.17, 15) is 9.59 Å². The monoisotopic (exact) mass is 304 g/mol. The molecule has 0 radical (unpaired) electrons. The molecule has 0 aliphatic rings. The normalized spacial score (nSPS) is 11.9. The van der Waals surface area contributed by atoms with Crippen molar-refractivity contribution in [3.8, 4) is 0 Å². The number of rotatable bonds is 6. The fourth-order valence-electron chi connectivity index (χ4n) is 1.62. The van der Waals surface area contributed by atoms with Gasteiger partial charge in [-0.1, -0.05) is 36.5 Å². The number of aromatic nitrogens is 1. The van der Waals surface area contributed by atoms with Gasteiger partial charge in [0.15, 0.2) is 0 Å². The number of nitrogens with zero attached hydrogens (tertiary/aromatic N) is 1. The van der Waals surface area contributed by atoms with E-state index < -0.39 is 17.9 Å². The van der Waals surface area contributed by atoms with E-state index in [-0.39, 0.29) is 22.3 Å². The molecule has 0 fully saturated rings. The Bertz CT molecular complexity index is 480. The minimum Gasteiger partial charge on any atom is -0.481 e. The maximum atomic E-state index is 12.0. The molecular formula is C12H14Cl2N2O3. The number of carbonyl (C=O) groups is 2. The number of carboxylic acid groups (broad SMARTS) is 1. The predicted molar refractivity (Wildman–Crippen MR) is 72.7 cm³/mol. The second-order valence-corrected chi connectivity index (χ2v) is 4.82. The van der Waals surface area contributed by atoms with Crippen molar-refractivity contribution >= 4 is 35.1 Å². The van der Waals surface area contributed by atoms with Crippen molar-refractivity contribution in [1.29, 1.82) is 0 Å². The third kappa shape index (κ3) is 5.04. The molecule has 0 saturated carbocycles. The van der Waals surface area contributed by atoms with E-state index in [1.54, 1.807) is 0 Å². The SMILES string of the molecule is CCCC(CC(=O)O)NC(=O)c1nc(Cl)ccc1Cl. The number of carbonyl (C=O) groups excluding carboxylic acids is 1. The molecule has 0 spiro atoms. The van der Waals surface area contributed by atoms with Gasteiger partial charge in [0, 0.05) is 6.04 Å². The average Bonchev–Trinajstić information content (AvgIpc) is 2.31. The summed E-state index contributed by atoms with van der Waals surface area (Å²) >= 11 is 11.6. The van der Waals surface area contributed by atoms with Crippen molar-refractivity contribution in [2.45, 2.75) is 32.2 Å². The summed E-state index contributed by atoms with van der Waals surface area (Å²) in [4.78, 5) is 26.5. The topological polar surface area (TPSA) is 79.3 Å². The summed E-state index contributed by atoms with van der Waals surface area (Å²) in [6, 6.07) is 2.49. The van der Waals surface area contributed by atoms with Crippen LogP contribution in [0.15, 0.2) is 12.1 Å². The molecule has 1 atom stereocenters. The zero-order chi connectivity index (χ0) is 14.4. The highest BCUT2D eigenvalue weighted by Crippen LogP contribution is 2.17. The predicted octanol–water partition coefficient (Wildman–Crippen LogP) is 2.76. The van der Waals surface area contributed by atoms with Crippen LogP contribution in [0.4, 0.5) is 0 Å². The Kier molecular flexibility index (Phi) is 6.05. The third-order valence-corrected chi connectivity index (χ3v) is 2.94. The fraction of sp³-hybridized carbons (Fsp3) is 0.417. The number of hydrogen-bond acceptors (Lipinski definition) is 3. The Labute approximate surface area is 120 Å². The smallest absolute Gasteiger partial charge is 0.305 e. The number of amides is 1. The maximum Gasteiger partial charge on any atom is 0.305 e.